The van der Waals surface area contributed by atoms with Crippen molar-refractivity contribution in [3.05, 3.63) is 44.8 Å². The van der Waals surface area contributed by atoms with E-state index >= 15 is 0 Å². The largest absolute Gasteiger partial charge is 0.383 e. The number of guanidine groups is 1. The molecule has 0 radical (unpaired) electrons. The molecule has 2 aromatic heterocycles. The van der Waals surface area contributed by atoms with E-state index in [0.717, 1.165) is 30.3 Å². The summed E-state index contributed by atoms with van der Waals surface area (Å²) in [5.74, 6) is 0.745. The van der Waals surface area contributed by atoms with Crippen molar-refractivity contribution in [1.82, 2.24) is 10.6 Å². The lowest BCUT2D eigenvalue weighted by Crippen LogP contribution is -2.39. The lowest BCUT2D eigenvalue weighted by atomic mass is 10.1. The van der Waals surface area contributed by atoms with E-state index in [2.05, 4.69) is 32.5 Å². The Bertz CT molecular complexity index is 568. The molecule has 2 aromatic rings. The molecule has 0 bridgehead atoms. The number of aliphatic hydroxyl groups is 1. The van der Waals surface area contributed by atoms with Crippen LogP contribution in [0.1, 0.15) is 24.3 Å². The van der Waals surface area contributed by atoms with Gasteiger partial charge < -0.3 is 15.7 Å². The number of hydrogen-bond acceptors (Lipinski definition) is 4. The summed E-state index contributed by atoms with van der Waals surface area (Å²) in [7, 11) is 0. The summed E-state index contributed by atoms with van der Waals surface area (Å²) in [6, 6.07) is 6.03. The maximum absolute atomic E-state index is 10.5. The molecule has 128 valence electrons. The second-order valence-corrected chi connectivity index (χ2v) is 6.98. The monoisotopic (exact) mass is 465 g/mol. The molecule has 4 nitrogen and oxygen atoms in total. The first-order chi connectivity index (χ1) is 10.6. The summed E-state index contributed by atoms with van der Waals surface area (Å²) in [6.45, 7) is 5.79. The van der Waals surface area contributed by atoms with Gasteiger partial charge in [-0.2, -0.15) is 11.3 Å². The molecule has 0 saturated carbocycles. The molecule has 0 aliphatic rings. The SMILES string of the molecule is CCNC(=NCC(C)(O)c1cccs1)NCCc1ccsc1.I. The fourth-order valence-electron chi connectivity index (χ4n) is 2.00. The zero-order valence-corrected chi connectivity index (χ0v) is 17.4. The van der Waals surface area contributed by atoms with Crippen molar-refractivity contribution in [3.63, 3.8) is 0 Å². The predicted octanol–water partition coefficient (Wildman–Crippen LogP) is 3.43. The Morgan fingerprint density at radius 2 is 2.13 bits per heavy atom. The number of nitrogens with zero attached hydrogens (tertiary/aromatic N) is 1. The molecule has 0 amide bonds. The highest BCUT2D eigenvalue weighted by Gasteiger charge is 2.23. The number of aliphatic imine (C=N–C) groups is 1. The fraction of sp³-hybridized carbons (Fsp3) is 0.438. The number of rotatable bonds is 7. The van der Waals surface area contributed by atoms with Crippen molar-refractivity contribution >= 4 is 52.6 Å². The summed E-state index contributed by atoms with van der Waals surface area (Å²) in [5, 5.41) is 23.3. The molecule has 0 aromatic carbocycles. The van der Waals surface area contributed by atoms with Crippen molar-refractivity contribution in [2.24, 2.45) is 4.99 Å². The van der Waals surface area contributed by atoms with Gasteiger partial charge in [-0.05, 0) is 54.1 Å². The Hall–Kier alpha value is -0.640. The molecule has 0 fully saturated rings. The van der Waals surface area contributed by atoms with Gasteiger partial charge in [0.25, 0.3) is 0 Å². The second-order valence-electron chi connectivity index (χ2n) is 5.25. The van der Waals surface area contributed by atoms with Gasteiger partial charge in [0.1, 0.15) is 5.60 Å². The van der Waals surface area contributed by atoms with Crippen LogP contribution in [0.25, 0.3) is 0 Å². The highest BCUT2D eigenvalue weighted by molar-refractivity contribution is 14.0. The minimum Gasteiger partial charge on any atom is -0.383 e. The molecule has 23 heavy (non-hydrogen) atoms. The van der Waals surface area contributed by atoms with Gasteiger partial charge in [-0.3, -0.25) is 0 Å². The molecule has 0 aliphatic heterocycles. The molecular weight excluding hydrogens is 441 g/mol. The van der Waals surface area contributed by atoms with Crippen LogP contribution >= 0.6 is 46.7 Å². The summed E-state index contributed by atoms with van der Waals surface area (Å²) in [6.07, 6.45) is 0.967. The van der Waals surface area contributed by atoms with Gasteiger partial charge in [0.2, 0.25) is 0 Å². The topological polar surface area (TPSA) is 56.7 Å². The molecule has 3 N–H and O–H groups in total. The first-order valence-corrected chi connectivity index (χ1v) is 9.23. The van der Waals surface area contributed by atoms with Crippen LogP contribution in [0.3, 0.4) is 0 Å². The van der Waals surface area contributed by atoms with Crippen LogP contribution in [0, 0.1) is 0 Å². The average Bonchev–Trinajstić information content (AvgIpc) is 3.18. The van der Waals surface area contributed by atoms with Crippen LogP contribution in [0.5, 0.6) is 0 Å². The lowest BCUT2D eigenvalue weighted by molar-refractivity contribution is 0.0711. The Labute approximate surface area is 163 Å². The van der Waals surface area contributed by atoms with Crippen molar-refractivity contribution in [1.29, 1.82) is 0 Å². The van der Waals surface area contributed by atoms with E-state index in [1.54, 1.807) is 29.6 Å². The normalized spacial score (nSPS) is 14.0. The smallest absolute Gasteiger partial charge is 0.191 e. The Morgan fingerprint density at radius 3 is 2.74 bits per heavy atom. The van der Waals surface area contributed by atoms with Gasteiger partial charge in [0.15, 0.2) is 5.96 Å². The quantitative estimate of drug-likeness (QED) is 0.334. The maximum Gasteiger partial charge on any atom is 0.191 e. The minimum atomic E-state index is -0.927. The van der Waals surface area contributed by atoms with E-state index in [0.29, 0.717) is 6.54 Å². The van der Waals surface area contributed by atoms with Crippen LogP contribution < -0.4 is 10.6 Å². The fourth-order valence-corrected chi connectivity index (χ4v) is 3.48. The predicted molar refractivity (Wildman–Crippen MR) is 111 cm³/mol. The van der Waals surface area contributed by atoms with E-state index in [4.69, 9.17) is 0 Å². The zero-order valence-electron chi connectivity index (χ0n) is 13.4. The second kappa shape index (κ2) is 10.3. The molecule has 0 spiro atoms. The third-order valence-electron chi connectivity index (χ3n) is 3.23. The van der Waals surface area contributed by atoms with Crippen LogP contribution in [-0.4, -0.2) is 30.7 Å². The molecular formula is C16H24IN3OS2. The van der Waals surface area contributed by atoms with E-state index in [9.17, 15) is 5.11 Å². The summed E-state index contributed by atoms with van der Waals surface area (Å²) < 4.78 is 0. The zero-order chi connectivity index (χ0) is 15.8. The molecule has 0 saturated heterocycles. The third kappa shape index (κ3) is 6.78. The third-order valence-corrected chi connectivity index (χ3v) is 5.08. The van der Waals surface area contributed by atoms with Crippen molar-refractivity contribution in [2.75, 3.05) is 19.6 Å². The number of hydrogen-bond donors (Lipinski definition) is 3. The first-order valence-electron chi connectivity index (χ1n) is 7.41. The average molecular weight is 465 g/mol. The molecule has 1 unspecified atom stereocenters. The van der Waals surface area contributed by atoms with Gasteiger partial charge >= 0.3 is 0 Å². The maximum atomic E-state index is 10.5. The van der Waals surface area contributed by atoms with Crippen molar-refractivity contribution in [2.45, 2.75) is 25.9 Å². The summed E-state index contributed by atoms with van der Waals surface area (Å²) >= 11 is 3.27. The highest BCUT2D eigenvalue weighted by atomic mass is 127. The Morgan fingerprint density at radius 1 is 1.30 bits per heavy atom. The van der Waals surface area contributed by atoms with E-state index in [-0.39, 0.29) is 24.0 Å². The Kier molecular flexibility index (Phi) is 9.11. The van der Waals surface area contributed by atoms with Crippen LogP contribution in [0.4, 0.5) is 0 Å². The standard InChI is InChI=1S/C16H23N3OS2.HI/c1-3-17-15(18-8-6-13-7-10-21-11-13)19-12-16(2,20)14-5-4-9-22-14;/h4-5,7,9-11,20H,3,6,8,12H2,1-2H3,(H2,17,18,19);1H. The summed E-state index contributed by atoms with van der Waals surface area (Å²) in [5.41, 5.74) is 0.406. The van der Waals surface area contributed by atoms with Gasteiger partial charge in [0, 0.05) is 18.0 Å². The van der Waals surface area contributed by atoms with Gasteiger partial charge in [-0.1, -0.05) is 6.07 Å². The number of halogens is 1. The molecule has 7 heteroatoms. The highest BCUT2D eigenvalue weighted by Crippen LogP contribution is 2.25. The number of nitrogens with one attached hydrogen (secondary N) is 2. The van der Waals surface area contributed by atoms with Crippen LogP contribution in [0.15, 0.2) is 39.3 Å². The first kappa shape index (κ1) is 20.4. The van der Waals surface area contributed by atoms with E-state index in [1.807, 2.05) is 24.4 Å². The van der Waals surface area contributed by atoms with E-state index < -0.39 is 5.60 Å². The molecule has 1 atom stereocenters. The summed E-state index contributed by atoms with van der Waals surface area (Å²) in [4.78, 5) is 5.45. The minimum absolute atomic E-state index is 0. The van der Waals surface area contributed by atoms with Gasteiger partial charge in [-0.15, -0.1) is 35.3 Å². The van der Waals surface area contributed by atoms with Crippen molar-refractivity contribution in [3.8, 4) is 0 Å². The van der Waals surface area contributed by atoms with Gasteiger partial charge in [0.05, 0.1) is 6.54 Å². The Balaban J connectivity index is 0.00000264. The molecule has 2 rings (SSSR count). The van der Waals surface area contributed by atoms with Crippen LogP contribution in [-0.2, 0) is 12.0 Å². The lowest BCUT2D eigenvalue weighted by Gasteiger charge is -2.20. The van der Waals surface area contributed by atoms with E-state index in [1.165, 1.54) is 5.56 Å². The van der Waals surface area contributed by atoms with Crippen molar-refractivity contribution < 1.29 is 5.11 Å². The molecule has 2 heterocycles. The molecule has 0 aliphatic carbocycles. The van der Waals surface area contributed by atoms with Crippen LogP contribution in [0.2, 0.25) is 0 Å². The van der Waals surface area contributed by atoms with Gasteiger partial charge in [-0.25, -0.2) is 4.99 Å². The number of thiophene rings is 2.